The lowest BCUT2D eigenvalue weighted by molar-refractivity contribution is 0.104. The molecular formula is C34H43N2O2PSi. The van der Waals surface area contributed by atoms with Crippen LogP contribution in [-0.4, -0.2) is 42.0 Å². The van der Waals surface area contributed by atoms with Crippen molar-refractivity contribution in [1.82, 2.24) is 0 Å². The van der Waals surface area contributed by atoms with Gasteiger partial charge in [0.1, 0.15) is 8.07 Å². The minimum absolute atomic E-state index is 0.0769. The molecule has 6 heteroatoms. The largest absolute Gasteiger partial charge is 0.378 e. The number of benzene rings is 3. The number of nitrogens with zero attached hydrogens (tertiary/aromatic N) is 2. The molecule has 0 spiro atoms. The van der Waals surface area contributed by atoms with Gasteiger partial charge in [-0.3, -0.25) is 4.79 Å². The molecule has 40 heavy (non-hydrogen) atoms. The van der Waals surface area contributed by atoms with Crippen molar-refractivity contribution in [2.75, 3.05) is 38.0 Å². The van der Waals surface area contributed by atoms with Crippen LogP contribution in [0.1, 0.15) is 63.0 Å². The zero-order chi connectivity index (χ0) is 29.6. The van der Waals surface area contributed by atoms with E-state index in [9.17, 15) is 4.79 Å². The summed E-state index contributed by atoms with van der Waals surface area (Å²) in [5.74, 6) is 3.44. The first-order valence-electron chi connectivity index (χ1n) is 14.2. The van der Waals surface area contributed by atoms with E-state index < -0.39 is 15.2 Å². The van der Waals surface area contributed by atoms with Crippen LogP contribution in [0.3, 0.4) is 0 Å². The summed E-state index contributed by atoms with van der Waals surface area (Å²) in [6, 6.07) is 19.3. The quantitative estimate of drug-likeness (QED) is 0.149. The molecule has 1 aliphatic rings. The van der Waals surface area contributed by atoms with Crippen LogP contribution < -0.4 is 25.7 Å². The number of ketones is 1. The van der Waals surface area contributed by atoms with Crippen molar-refractivity contribution in [3.8, 4) is 11.5 Å². The Balaban J connectivity index is 1.92. The summed E-state index contributed by atoms with van der Waals surface area (Å²) in [6.45, 7) is 13.9. The van der Waals surface area contributed by atoms with Gasteiger partial charge in [-0.25, -0.2) is 0 Å². The van der Waals surface area contributed by atoms with Crippen LogP contribution in [0.2, 0.25) is 16.6 Å². The second kappa shape index (κ2) is 11.1. The Morgan fingerprint density at radius 1 is 0.675 bits per heavy atom. The number of carbonyl (C=O) groups excluding carboxylic acids is 1. The normalized spacial score (nSPS) is 14.1. The SMILES string of the molecule is CC(C)[Si](C#Cc1ccc(P2(=O)c3cc(N(C)C)ccc3C(=O)c3ccc(N(C)C)cc32)cc1)(C(C)C)C(C)C. The lowest BCUT2D eigenvalue weighted by atomic mass is 10.0. The molecule has 210 valence electrons. The fourth-order valence-corrected chi connectivity index (χ4v) is 14.7. The van der Waals surface area contributed by atoms with E-state index in [2.05, 4.69) is 53.0 Å². The van der Waals surface area contributed by atoms with E-state index in [1.807, 2.05) is 98.7 Å². The van der Waals surface area contributed by atoms with Gasteiger partial charge in [0, 0.05) is 72.2 Å². The first kappa shape index (κ1) is 29.9. The zero-order valence-corrected chi connectivity index (χ0v) is 27.6. The molecule has 0 bridgehead atoms. The number of carbonyl (C=O) groups is 1. The molecule has 4 rings (SSSR count). The molecular weight excluding hydrogens is 527 g/mol. The standard InChI is InChI=1S/C34H43N2O2PSi/c1-23(2)40(24(3)4,25(5)6)20-19-26-11-15-29(16-12-26)39(38)32-21-27(35(7)8)13-17-30(32)34(37)31-18-14-28(36(9)10)22-33(31)39/h11-18,21-25H,1-10H3. The van der Waals surface area contributed by atoms with Crippen molar-refractivity contribution in [2.45, 2.75) is 58.2 Å². The Bertz CT molecular complexity index is 1460. The molecule has 0 fully saturated rings. The van der Waals surface area contributed by atoms with E-state index >= 15 is 4.57 Å². The molecule has 1 aliphatic heterocycles. The predicted molar refractivity (Wildman–Crippen MR) is 176 cm³/mol. The Morgan fingerprint density at radius 2 is 1.10 bits per heavy atom. The van der Waals surface area contributed by atoms with E-state index in [0.717, 1.165) is 22.2 Å². The summed E-state index contributed by atoms with van der Waals surface area (Å²) in [5, 5.41) is 1.94. The van der Waals surface area contributed by atoms with E-state index in [1.54, 1.807) is 0 Å². The van der Waals surface area contributed by atoms with E-state index in [1.165, 1.54) is 0 Å². The van der Waals surface area contributed by atoms with Gasteiger partial charge in [-0.2, -0.15) is 0 Å². The number of rotatable bonds is 6. The van der Waals surface area contributed by atoms with Crippen molar-refractivity contribution < 1.29 is 9.36 Å². The number of fused-ring (bicyclic) bond motifs is 2. The topological polar surface area (TPSA) is 40.6 Å². The van der Waals surface area contributed by atoms with E-state index in [-0.39, 0.29) is 5.78 Å². The first-order valence-corrected chi connectivity index (χ1v) is 18.1. The monoisotopic (exact) mass is 570 g/mol. The van der Waals surface area contributed by atoms with Gasteiger partial charge >= 0.3 is 0 Å². The van der Waals surface area contributed by atoms with E-state index in [4.69, 9.17) is 0 Å². The zero-order valence-electron chi connectivity index (χ0n) is 25.7. The number of hydrogen-bond donors (Lipinski definition) is 0. The third-order valence-electron chi connectivity index (χ3n) is 8.68. The average molecular weight is 571 g/mol. The Morgan fingerprint density at radius 3 is 1.48 bits per heavy atom. The fourth-order valence-electron chi connectivity index (χ4n) is 6.42. The second-order valence-corrected chi connectivity index (χ2v) is 20.6. The maximum absolute atomic E-state index is 15.5. The van der Waals surface area contributed by atoms with Crippen LogP contribution in [0.25, 0.3) is 0 Å². The minimum atomic E-state index is -3.35. The Kier molecular flexibility index (Phi) is 8.28. The molecule has 0 saturated heterocycles. The summed E-state index contributed by atoms with van der Waals surface area (Å²) in [6.07, 6.45) is 0. The average Bonchev–Trinajstić information content (AvgIpc) is 2.91. The van der Waals surface area contributed by atoms with Crippen LogP contribution in [-0.2, 0) is 4.57 Å². The molecule has 0 aliphatic carbocycles. The van der Waals surface area contributed by atoms with E-state index in [0.29, 0.717) is 38.4 Å². The van der Waals surface area contributed by atoms with Crippen molar-refractivity contribution >= 4 is 48.3 Å². The molecule has 0 aromatic heterocycles. The lowest BCUT2D eigenvalue weighted by Gasteiger charge is -2.38. The van der Waals surface area contributed by atoms with Gasteiger partial charge in [-0.15, -0.1) is 5.54 Å². The molecule has 0 radical (unpaired) electrons. The molecule has 3 aromatic carbocycles. The van der Waals surface area contributed by atoms with Crippen LogP contribution >= 0.6 is 7.14 Å². The van der Waals surface area contributed by atoms with Crippen LogP contribution in [0.15, 0.2) is 60.7 Å². The fraction of sp³-hybridized carbons (Fsp3) is 0.382. The van der Waals surface area contributed by atoms with Gasteiger partial charge in [-0.05, 0) is 77.3 Å². The predicted octanol–water partition coefficient (Wildman–Crippen LogP) is 6.57. The third-order valence-corrected chi connectivity index (χ3v) is 18.1. The summed E-state index contributed by atoms with van der Waals surface area (Å²) >= 11 is 0. The number of anilines is 2. The van der Waals surface area contributed by atoms with Crippen LogP contribution in [0.4, 0.5) is 11.4 Å². The van der Waals surface area contributed by atoms with Gasteiger partial charge in [-0.1, -0.05) is 47.5 Å². The van der Waals surface area contributed by atoms with Crippen LogP contribution in [0.5, 0.6) is 0 Å². The van der Waals surface area contributed by atoms with Gasteiger partial charge in [0.15, 0.2) is 12.9 Å². The third kappa shape index (κ3) is 4.87. The molecule has 3 aromatic rings. The van der Waals surface area contributed by atoms with Crippen LogP contribution in [0, 0.1) is 11.5 Å². The van der Waals surface area contributed by atoms with Crippen molar-refractivity contribution in [2.24, 2.45) is 0 Å². The first-order chi connectivity index (χ1) is 18.7. The summed E-state index contributed by atoms with van der Waals surface area (Å²) in [7, 11) is 2.61. The maximum atomic E-state index is 15.5. The number of hydrogen-bond acceptors (Lipinski definition) is 4. The molecule has 4 nitrogen and oxygen atoms in total. The van der Waals surface area contributed by atoms with Crippen molar-refractivity contribution in [3.63, 3.8) is 0 Å². The summed E-state index contributed by atoms with van der Waals surface area (Å²) < 4.78 is 15.5. The molecule has 0 saturated carbocycles. The second-order valence-electron chi connectivity index (χ2n) is 12.3. The van der Waals surface area contributed by atoms with Gasteiger partial charge in [0.2, 0.25) is 0 Å². The molecule has 0 amide bonds. The van der Waals surface area contributed by atoms with Gasteiger partial charge in [0.25, 0.3) is 0 Å². The highest BCUT2D eigenvalue weighted by atomic mass is 31.2. The Labute approximate surface area is 242 Å². The maximum Gasteiger partial charge on any atom is 0.194 e. The molecule has 1 heterocycles. The lowest BCUT2D eigenvalue weighted by Crippen LogP contribution is -2.43. The van der Waals surface area contributed by atoms with Gasteiger partial charge in [0.05, 0.1) is 0 Å². The van der Waals surface area contributed by atoms with Crippen molar-refractivity contribution in [3.05, 3.63) is 77.4 Å². The Hall–Kier alpha value is -3.06. The summed E-state index contributed by atoms with van der Waals surface area (Å²) in [5.41, 5.74) is 9.27. The smallest absolute Gasteiger partial charge is 0.194 e. The molecule has 0 atom stereocenters. The van der Waals surface area contributed by atoms with Gasteiger partial charge < -0.3 is 14.4 Å². The molecule has 0 unspecified atom stereocenters. The highest BCUT2D eigenvalue weighted by molar-refractivity contribution is 7.85. The highest BCUT2D eigenvalue weighted by Crippen LogP contribution is 2.49. The molecule has 0 N–H and O–H groups in total. The summed E-state index contributed by atoms with van der Waals surface area (Å²) in [4.78, 5) is 17.6. The highest BCUT2D eigenvalue weighted by Gasteiger charge is 2.43. The van der Waals surface area contributed by atoms with Crippen molar-refractivity contribution in [1.29, 1.82) is 0 Å². The minimum Gasteiger partial charge on any atom is -0.378 e.